The van der Waals surface area contributed by atoms with Gasteiger partial charge in [0.2, 0.25) is 10.0 Å². The average molecular weight is 368 g/mol. The summed E-state index contributed by atoms with van der Waals surface area (Å²) >= 11 is 3.11. The molecule has 1 saturated heterocycles. The lowest BCUT2D eigenvalue weighted by molar-refractivity contribution is 0.186. The van der Waals surface area contributed by atoms with E-state index in [1.807, 2.05) is 0 Å². The maximum atomic E-state index is 14.0. The van der Waals surface area contributed by atoms with E-state index in [9.17, 15) is 12.8 Å². The average Bonchev–Trinajstić information content (AvgIpc) is 2.92. The molecule has 0 saturated carbocycles. The van der Waals surface area contributed by atoms with Crippen molar-refractivity contribution >= 4 is 26.0 Å². The van der Waals surface area contributed by atoms with Gasteiger partial charge in [-0.05, 0) is 24.5 Å². The first kappa shape index (κ1) is 15.8. The molecule has 5 nitrogen and oxygen atoms in total. The fourth-order valence-electron chi connectivity index (χ4n) is 1.98. The fourth-order valence-corrected chi connectivity index (χ4v) is 3.90. The Kier molecular flexibility index (Phi) is 5.14. The molecule has 0 amide bonds. The third-order valence-corrected chi connectivity index (χ3v) is 5.01. The van der Waals surface area contributed by atoms with Crippen LogP contribution >= 0.6 is 15.9 Å². The fraction of sp³-hybridized carbons (Fsp3) is 0.500. The van der Waals surface area contributed by atoms with Crippen LogP contribution in [0.4, 0.5) is 4.39 Å². The Morgan fingerprint density at radius 2 is 2.25 bits per heavy atom. The summed E-state index contributed by atoms with van der Waals surface area (Å²) in [7, 11) is -3.96. The number of halogens is 2. The van der Waals surface area contributed by atoms with E-state index in [4.69, 9.17) is 9.84 Å². The number of ether oxygens (including phenoxy) is 1. The summed E-state index contributed by atoms with van der Waals surface area (Å²) in [5, 5.41) is 9.04. The molecule has 1 aliphatic heterocycles. The van der Waals surface area contributed by atoms with E-state index in [0.29, 0.717) is 17.7 Å². The molecule has 1 atom stereocenters. The maximum absolute atomic E-state index is 14.0. The summed E-state index contributed by atoms with van der Waals surface area (Å²) in [5.74, 6) is -0.817. The zero-order valence-corrected chi connectivity index (χ0v) is 13.0. The summed E-state index contributed by atoms with van der Waals surface area (Å²) in [6, 6.07) is 2.53. The van der Waals surface area contributed by atoms with Crippen molar-refractivity contribution in [2.24, 2.45) is 5.92 Å². The van der Waals surface area contributed by atoms with Gasteiger partial charge >= 0.3 is 0 Å². The van der Waals surface area contributed by atoms with Crippen LogP contribution in [0.3, 0.4) is 0 Å². The van der Waals surface area contributed by atoms with Crippen molar-refractivity contribution in [3.8, 4) is 0 Å². The normalized spacial score (nSPS) is 19.4. The molecule has 0 spiro atoms. The number of rotatable bonds is 5. The molecular formula is C12H15BrFNO4S. The van der Waals surface area contributed by atoms with Crippen LogP contribution in [0.15, 0.2) is 21.5 Å². The van der Waals surface area contributed by atoms with E-state index in [1.54, 1.807) is 0 Å². The van der Waals surface area contributed by atoms with Crippen LogP contribution in [0, 0.1) is 11.7 Å². The zero-order valence-electron chi connectivity index (χ0n) is 10.6. The van der Waals surface area contributed by atoms with E-state index >= 15 is 0 Å². The van der Waals surface area contributed by atoms with Gasteiger partial charge in [-0.25, -0.2) is 17.5 Å². The van der Waals surface area contributed by atoms with Gasteiger partial charge in [-0.3, -0.25) is 0 Å². The Morgan fingerprint density at radius 1 is 1.50 bits per heavy atom. The number of nitrogens with one attached hydrogen (secondary N) is 1. The molecule has 2 rings (SSSR count). The van der Waals surface area contributed by atoms with Gasteiger partial charge in [0.1, 0.15) is 10.7 Å². The van der Waals surface area contributed by atoms with Gasteiger partial charge in [0.05, 0.1) is 13.2 Å². The van der Waals surface area contributed by atoms with Gasteiger partial charge in [0.15, 0.2) is 0 Å². The summed E-state index contributed by atoms with van der Waals surface area (Å²) in [6.07, 6.45) is 0.783. The highest BCUT2D eigenvalue weighted by atomic mass is 79.9. The minimum atomic E-state index is -3.96. The van der Waals surface area contributed by atoms with Crippen molar-refractivity contribution in [3.05, 3.63) is 28.0 Å². The molecular weight excluding hydrogens is 353 g/mol. The van der Waals surface area contributed by atoms with Crippen LogP contribution in [0.25, 0.3) is 0 Å². The molecule has 1 aliphatic rings. The number of sulfonamides is 1. The number of aliphatic hydroxyl groups excluding tert-OH is 1. The number of benzene rings is 1. The first-order valence-corrected chi connectivity index (χ1v) is 8.38. The number of hydrogen-bond donors (Lipinski definition) is 2. The maximum Gasteiger partial charge on any atom is 0.243 e. The number of hydrogen-bond acceptors (Lipinski definition) is 4. The Labute approximate surface area is 125 Å². The lowest BCUT2D eigenvalue weighted by Crippen LogP contribution is -2.30. The first-order chi connectivity index (χ1) is 9.44. The minimum absolute atomic E-state index is 0.0658. The highest BCUT2D eigenvalue weighted by molar-refractivity contribution is 9.10. The van der Waals surface area contributed by atoms with Crippen LogP contribution in [0.2, 0.25) is 0 Å². The van der Waals surface area contributed by atoms with Gasteiger partial charge in [-0.1, -0.05) is 15.9 Å². The van der Waals surface area contributed by atoms with Crippen LogP contribution in [0.1, 0.15) is 12.0 Å². The Bertz CT molecular complexity index is 587. The van der Waals surface area contributed by atoms with Crippen molar-refractivity contribution < 1.29 is 22.7 Å². The smallest absolute Gasteiger partial charge is 0.243 e. The van der Waals surface area contributed by atoms with Crippen LogP contribution in [0.5, 0.6) is 0 Å². The molecule has 20 heavy (non-hydrogen) atoms. The van der Waals surface area contributed by atoms with Gasteiger partial charge in [0, 0.05) is 23.2 Å². The Hall–Kier alpha value is -0.540. The third-order valence-electron chi connectivity index (χ3n) is 3.13. The lowest BCUT2D eigenvalue weighted by Gasteiger charge is -2.12. The highest BCUT2D eigenvalue weighted by Crippen LogP contribution is 2.24. The highest BCUT2D eigenvalue weighted by Gasteiger charge is 2.24. The van der Waals surface area contributed by atoms with Gasteiger partial charge in [0.25, 0.3) is 0 Å². The van der Waals surface area contributed by atoms with E-state index in [-0.39, 0.29) is 18.0 Å². The first-order valence-electron chi connectivity index (χ1n) is 6.10. The van der Waals surface area contributed by atoms with Gasteiger partial charge in [-0.2, -0.15) is 0 Å². The Morgan fingerprint density at radius 3 is 2.85 bits per heavy atom. The Balaban J connectivity index is 2.22. The summed E-state index contributed by atoms with van der Waals surface area (Å²) < 4.78 is 46.2. The van der Waals surface area contributed by atoms with E-state index in [1.165, 1.54) is 12.1 Å². The minimum Gasteiger partial charge on any atom is -0.392 e. The topological polar surface area (TPSA) is 75.6 Å². The van der Waals surface area contributed by atoms with Crippen molar-refractivity contribution in [3.63, 3.8) is 0 Å². The van der Waals surface area contributed by atoms with Crippen molar-refractivity contribution in [2.45, 2.75) is 17.9 Å². The molecule has 0 bridgehead atoms. The molecule has 1 heterocycles. The molecule has 1 fully saturated rings. The monoisotopic (exact) mass is 367 g/mol. The summed E-state index contributed by atoms with van der Waals surface area (Å²) in [5.41, 5.74) is -0.0658. The van der Waals surface area contributed by atoms with Gasteiger partial charge < -0.3 is 9.84 Å². The second kappa shape index (κ2) is 6.48. The molecule has 112 valence electrons. The summed E-state index contributed by atoms with van der Waals surface area (Å²) in [4.78, 5) is -0.463. The largest absolute Gasteiger partial charge is 0.392 e. The van der Waals surface area contributed by atoms with Gasteiger partial charge in [-0.15, -0.1) is 0 Å². The molecule has 1 aromatic carbocycles. The van der Waals surface area contributed by atoms with Crippen molar-refractivity contribution in [1.82, 2.24) is 4.72 Å². The predicted molar refractivity (Wildman–Crippen MR) is 74.1 cm³/mol. The van der Waals surface area contributed by atoms with E-state index in [2.05, 4.69) is 20.7 Å². The second-order valence-corrected chi connectivity index (χ2v) is 7.27. The van der Waals surface area contributed by atoms with Crippen LogP contribution in [-0.2, 0) is 21.4 Å². The van der Waals surface area contributed by atoms with Crippen LogP contribution < -0.4 is 4.72 Å². The molecule has 0 radical (unpaired) electrons. The van der Waals surface area contributed by atoms with E-state index in [0.717, 1.165) is 6.42 Å². The predicted octanol–water partition coefficient (Wildman–Crippen LogP) is 1.40. The van der Waals surface area contributed by atoms with Crippen molar-refractivity contribution in [1.29, 1.82) is 0 Å². The molecule has 1 unspecified atom stereocenters. The van der Waals surface area contributed by atoms with Crippen molar-refractivity contribution in [2.75, 3.05) is 19.8 Å². The molecule has 2 N–H and O–H groups in total. The third kappa shape index (κ3) is 3.56. The molecule has 0 aromatic heterocycles. The van der Waals surface area contributed by atoms with E-state index < -0.39 is 27.3 Å². The standard InChI is InChI=1S/C12H15BrFNO4S/c13-10-3-9(6-16)12(14)11(4-10)20(17,18)15-5-8-1-2-19-7-8/h3-4,8,15-16H,1-2,5-7H2. The molecule has 1 aromatic rings. The second-order valence-electron chi connectivity index (χ2n) is 4.62. The SMILES string of the molecule is O=S(=O)(NCC1CCOC1)c1cc(Br)cc(CO)c1F. The number of aliphatic hydroxyl groups is 1. The van der Waals surface area contributed by atoms with Crippen LogP contribution in [-0.4, -0.2) is 33.3 Å². The summed E-state index contributed by atoms with van der Waals surface area (Å²) in [6.45, 7) is 0.769. The molecule has 0 aliphatic carbocycles. The quantitative estimate of drug-likeness (QED) is 0.824. The molecule has 8 heteroatoms. The zero-order chi connectivity index (χ0) is 14.8. The lowest BCUT2D eigenvalue weighted by atomic mass is 10.1.